The van der Waals surface area contributed by atoms with Gasteiger partial charge in [-0.05, 0) is 49.1 Å². The molecule has 0 saturated heterocycles. The molecule has 0 spiro atoms. The lowest BCUT2D eigenvalue weighted by Gasteiger charge is -2.13. The highest BCUT2D eigenvalue weighted by atomic mass is 19.4. The molecule has 1 saturated carbocycles. The normalized spacial score (nSPS) is 13.8. The molecule has 0 unspecified atom stereocenters. The topological polar surface area (TPSA) is 78.2 Å². The molecule has 1 N–H and O–H groups in total. The molecule has 0 radical (unpaired) electrons. The first-order chi connectivity index (χ1) is 14.8. The third-order valence-electron chi connectivity index (χ3n) is 4.83. The minimum absolute atomic E-state index is 0.101. The van der Waals surface area contributed by atoms with Gasteiger partial charge in [0.1, 0.15) is 12.1 Å². The van der Waals surface area contributed by atoms with Gasteiger partial charge in [0, 0.05) is 12.4 Å². The van der Waals surface area contributed by atoms with Crippen molar-refractivity contribution in [2.45, 2.75) is 19.0 Å². The van der Waals surface area contributed by atoms with Gasteiger partial charge in [-0.2, -0.15) is 18.3 Å². The lowest BCUT2D eigenvalue weighted by atomic mass is 10.2. The summed E-state index contributed by atoms with van der Waals surface area (Å²) >= 11 is 0. The maximum absolute atomic E-state index is 13.1. The number of rotatable bonds is 7. The standard InChI is InChI=1S/C21H19F3N4O3/c22-21(23,24)15-4-3-5-16(10-15)28-20(27-8-1-2-9-27)17(11-26-28)19(30)25-12-18(29)31-13-14-6-7-14/h1-5,8-11,14H,6-7,12-13H2,(H,25,30). The van der Waals surface area contributed by atoms with Crippen molar-refractivity contribution >= 4 is 11.9 Å². The van der Waals surface area contributed by atoms with Crippen molar-refractivity contribution in [1.82, 2.24) is 19.7 Å². The van der Waals surface area contributed by atoms with Gasteiger partial charge in [0.25, 0.3) is 5.91 Å². The van der Waals surface area contributed by atoms with Gasteiger partial charge in [-0.25, -0.2) is 4.68 Å². The van der Waals surface area contributed by atoms with Crippen LogP contribution in [0.5, 0.6) is 0 Å². The second-order valence-corrected chi connectivity index (χ2v) is 7.24. The molecule has 31 heavy (non-hydrogen) atoms. The van der Waals surface area contributed by atoms with E-state index >= 15 is 0 Å². The first kappa shape index (κ1) is 20.7. The Kier molecular flexibility index (Phi) is 5.53. The zero-order valence-electron chi connectivity index (χ0n) is 16.3. The van der Waals surface area contributed by atoms with Crippen LogP contribution in [0.2, 0.25) is 0 Å². The Balaban J connectivity index is 1.60. The smallest absolute Gasteiger partial charge is 0.416 e. The highest BCUT2D eigenvalue weighted by Crippen LogP contribution is 2.31. The molecule has 0 atom stereocenters. The molecule has 0 aliphatic heterocycles. The summed E-state index contributed by atoms with van der Waals surface area (Å²) in [7, 11) is 0. The van der Waals surface area contributed by atoms with E-state index in [1.807, 2.05) is 0 Å². The van der Waals surface area contributed by atoms with E-state index in [1.165, 1.54) is 23.0 Å². The van der Waals surface area contributed by atoms with Crippen LogP contribution in [0.4, 0.5) is 13.2 Å². The van der Waals surface area contributed by atoms with Crippen LogP contribution in [-0.2, 0) is 15.7 Å². The minimum atomic E-state index is -4.52. The quantitative estimate of drug-likeness (QED) is 0.581. The lowest BCUT2D eigenvalue weighted by molar-refractivity contribution is -0.143. The van der Waals surface area contributed by atoms with Crippen molar-refractivity contribution in [3.05, 3.63) is 66.1 Å². The molecule has 2 aromatic heterocycles. The molecular formula is C21H19F3N4O3. The number of aromatic nitrogens is 3. The average Bonchev–Trinajstić information content (AvgIpc) is 3.23. The molecule has 1 aliphatic carbocycles. The van der Waals surface area contributed by atoms with E-state index in [-0.39, 0.29) is 23.6 Å². The fraction of sp³-hybridized carbons (Fsp3) is 0.286. The van der Waals surface area contributed by atoms with Crippen molar-refractivity contribution in [3.8, 4) is 11.5 Å². The number of amides is 1. The predicted molar refractivity (Wildman–Crippen MR) is 104 cm³/mol. The summed E-state index contributed by atoms with van der Waals surface area (Å²) in [4.78, 5) is 24.5. The molecule has 1 aromatic carbocycles. The maximum Gasteiger partial charge on any atom is 0.416 e. The molecule has 3 aromatic rings. The number of hydrogen-bond acceptors (Lipinski definition) is 4. The molecule has 0 bridgehead atoms. The Morgan fingerprint density at radius 2 is 1.90 bits per heavy atom. The summed E-state index contributed by atoms with van der Waals surface area (Å²) in [6, 6.07) is 8.07. The largest absolute Gasteiger partial charge is 0.464 e. The van der Waals surface area contributed by atoms with Crippen LogP contribution in [0, 0.1) is 5.92 Å². The predicted octanol–water partition coefficient (Wildman–Crippen LogP) is 3.36. The number of halogens is 3. The number of esters is 1. The summed E-state index contributed by atoms with van der Waals surface area (Å²) < 4.78 is 47.3. The molecule has 1 fully saturated rings. The van der Waals surface area contributed by atoms with Crippen LogP contribution in [0.3, 0.4) is 0 Å². The van der Waals surface area contributed by atoms with Crippen molar-refractivity contribution in [1.29, 1.82) is 0 Å². The van der Waals surface area contributed by atoms with Gasteiger partial charge in [0.2, 0.25) is 0 Å². The van der Waals surface area contributed by atoms with Gasteiger partial charge >= 0.3 is 12.1 Å². The number of carbonyl (C=O) groups excluding carboxylic acids is 2. The van der Waals surface area contributed by atoms with Gasteiger partial charge in [-0.1, -0.05) is 6.07 Å². The lowest BCUT2D eigenvalue weighted by Crippen LogP contribution is -2.31. The van der Waals surface area contributed by atoms with Crippen molar-refractivity contribution < 1.29 is 27.5 Å². The summed E-state index contributed by atoms with van der Waals surface area (Å²) in [5.74, 6) is -0.489. The zero-order valence-corrected chi connectivity index (χ0v) is 16.3. The Hall–Kier alpha value is -3.56. The highest BCUT2D eigenvalue weighted by Gasteiger charge is 2.31. The molecule has 10 heteroatoms. The number of ether oxygens (including phenoxy) is 1. The van der Waals surface area contributed by atoms with Gasteiger partial charge in [0.05, 0.1) is 24.1 Å². The highest BCUT2D eigenvalue weighted by molar-refractivity contribution is 5.98. The summed E-state index contributed by atoms with van der Waals surface area (Å²) in [5.41, 5.74) is -0.589. The third kappa shape index (κ3) is 4.79. The fourth-order valence-electron chi connectivity index (χ4n) is 3.02. The molecule has 7 nitrogen and oxygen atoms in total. The van der Waals surface area contributed by atoms with Crippen LogP contribution >= 0.6 is 0 Å². The molecule has 1 aliphatic rings. The Labute approximate surface area is 175 Å². The van der Waals surface area contributed by atoms with Crippen LogP contribution in [0.15, 0.2) is 55.0 Å². The average molecular weight is 432 g/mol. The van der Waals surface area contributed by atoms with Crippen molar-refractivity contribution in [2.75, 3.05) is 13.2 Å². The van der Waals surface area contributed by atoms with Gasteiger partial charge in [0.15, 0.2) is 5.82 Å². The van der Waals surface area contributed by atoms with Crippen LogP contribution < -0.4 is 5.32 Å². The molecular weight excluding hydrogens is 413 g/mol. The van der Waals surface area contributed by atoms with E-state index in [1.54, 1.807) is 29.1 Å². The van der Waals surface area contributed by atoms with E-state index in [0.717, 1.165) is 25.0 Å². The van der Waals surface area contributed by atoms with Crippen molar-refractivity contribution in [3.63, 3.8) is 0 Å². The van der Waals surface area contributed by atoms with E-state index < -0.39 is 23.6 Å². The summed E-state index contributed by atoms with van der Waals surface area (Å²) in [6.45, 7) is 0.0300. The zero-order chi connectivity index (χ0) is 22.0. The van der Waals surface area contributed by atoms with Gasteiger partial charge < -0.3 is 14.6 Å². The molecule has 4 rings (SSSR count). The second-order valence-electron chi connectivity index (χ2n) is 7.24. The Bertz CT molecular complexity index is 1090. The van der Waals surface area contributed by atoms with Crippen molar-refractivity contribution in [2.24, 2.45) is 5.92 Å². The monoisotopic (exact) mass is 432 g/mol. The number of alkyl halides is 3. The Morgan fingerprint density at radius 3 is 2.58 bits per heavy atom. The summed E-state index contributed by atoms with van der Waals surface area (Å²) in [5, 5.41) is 6.62. The van der Waals surface area contributed by atoms with E-state index in [0.29, 0.717) is 12.5 Å². The number of benzene rings is 1. The number of carbonyl (C=O) groups is 2. The SMILES string of the molecule is O=C(CNC(=O)c1cnn(-c2cccc(C(F)(F)F)c2)c1-n1cccc1)OCC1CC1. The third-order valence-corrected chi connectivity index (χ3v) is 4.83. The van der Waals surface area contributed by atoms with Gasteiger partial charge in [-0.3, -0.25) is 9.59 Å². The van der Waals surface area contributed by atoms with Crippen LogP contribution in [0.1, 0.15) is 28.8 Å². The number of nitrogens with zero attached hydrogens (tertiary/aromatic N) is 3. The molecule has 1 amide bonds. The second kappa shape index (κ2) is 8.29. The van der Waals surface area contributed by atoms with E-state index in [9.17, 15) is 22.8 Å². The van der Waals surface area contributed by atoms with E-state index in [4.69, 9.17) is 4.74 Å². The fourth-order valence-corrected chi connectivity index (χ4v) is 3.02. The first-order valence-corrected chi connectivity index (χ1v) is 9.66. The van der Waals surface area contributed by atoms with Crippen LogP contribution in [0.25, 0.3) is 11.5 Å². The number of nitrogens with one attached hydrogen (secondary N) is 1. The minimum Gasteiger partial charge on any atom is -0.464 e. The maximum atomic E-state index is 13.1. The number of hydrogen-bond donors (Lipinski definition) is 1. The Morgan fingerprint density at radius 1 is 1.16 bits per heavy atom. The molecule has 2 heterocycles. The summed E-state index contributed by atoms with van der Waals surface area (Å²) in [6.07, 6.45) is 2.09. The first-order valence-electron chi connectivity index (χ1n) is 9.66. The van der Waals surface area contributed by atoms with Crippen LogP contribution in [-0.4, -0.2) is 39.4 Å². The van der Waals surface area contributed by atoms with Gasteiger partial charge in [-0.15, -0.1) is 0 Å². The van der Waals surface area contributed by atoms with E-state index in [2.05, 4.69) is 10.4 Å². The molecule has 162 valence electrons.